The van der Waals surface area contributed by atoms with Crippen LogP contribution in [0.1, 0.15) is 16.5 Å². The zero-order valence-corrected chi connectivity index (χ0v) is 11.9. The molecule has 5 heteroatoms. The lowest BCUT2D eigenvalue weighted by atomic mass is 10.0. The molecule has 0 radical (unpaired) electrons. The van der Waals surface area contributed by atoms with Crippen LogP contribution in [-0.2, 0) is 6.42 Å². The van der Waals surface area contributed by atoms with Crippen LogP contribution in [0.15, 0.2) is 34.1 Å². The van der Waals surface area contributed by atoms with Crippen molar-refractivity contribution < 1.29 is 4.39 Å². The van der Waals surface area contributed by atoms with E-state index in [1.807, 2.05) is 11.4 Å². The van der Waals surface area contributed by atoms with E-state index in [1.54, 1.807) is 17.4 Å². The van der Waals surface area contributed by atoms with E-state index in [9.17, 15) is 4.39 Å². The SMILES string of the molecule is NC(Cc1sccc1Br)c1ccc(F)cc1Cl. The van der Waals surface area contributed by atoms with Crippen LogP contribution in [0.4, 0.5) is 4.39 Å². The number of nitrogens with two attached hydrogens (primary N) is 1. The third kappa shape index (κ3) is 3.07. The monoisotopic (exact) mass is 333 g/mol. The van der Waals surface area contributed by atoms with Gasteiger partial charge < -0.3 is 5.73 Å². The van der Waals surface area contributed by atoms with Crippen molar-refractivity contribution in [2.24, 2.45) is 5.73 Å². The Balaban J connectivity index is 2.20. The Morgan fingerprint density at radius 3 is 2.76 bits per heavy atom. The third-order valence-corrected chi connectivity index (χ3v) is 4.73. The first-order valence-corrected chi connectivity index (χ1v) is 7.05. The van der Waals surface area contributed by atoms with Gasteiger partial charge in [0.1, 0.15) is 5.82 Å². The van der Waals surface area contributed by atoms with Gasteiger partial charge in [-0.05, 0) is 45.1 Å². The quantitative estimate of drug-likeness (QED) is 0.876. The summed E-state index contributed by atoms with van der Waals surface area (Å²) >= 11 is 11.1. The second-order valence-corrected chi connectivity index (χ2v) is 5.93. The molecule has 1 nitrogen and oxygen atoms in total. The van der Waals surface area contributed by atoms with Gasteiger partial charge in [-0.1, -0.05) is 17.7 Å². The smallest absolute Gasteiger partial charge is 0.124 e. The van der Waals surface area contributed by atoms with Crippen molar-refractivity contribution in [3.8, 4) is 0 Å². The van der Waals surface area contributed by atoms with Crippen molar-refractivity contribution >= 4 is 38.9 Å². The molecular formula is C12H10BrClFNS. The number of benzene rings is 1. The van der Waals surface area contributed by atoms with Crippen molar-refractivity contribution in [3.63, 3.8) is 0 Å². The number of halogens is 3. The first-order chi connectivity index (χ1) is 8.08. The van der Waals surface area contributed by atoms with Crippen LogP contribution >= 0.6 is 38.9 Å². The molecule has 90 valence electrons. The summed E-state index contributed by atoms with van der Waals surface area (Å²) in [6, 6.07) is 6.08. The highest BCUT2D eigenvalue weighted by atomic mass is 79.9. The second kappa shape index (κ2) is 5.48. The standard InChI is InChI=1S/C12H10BrClFNS/c13-9-3-4-17-12(9)6-11(16)8-2-1-7(15)5-10(8)14/h1-5,11H,6,16H2. The average molecular weight is 335 g/mol. The lowest BCUT2D eigenvalue weighted by molar-refractivity contribution is 0.624. The van der Waals surface area contributed by atoms with Gasteiger partial charge in [0.25, 0.3) is 0 Å². The van der Waals surface area contributed by atoms with E-state index in [1.165, 1.54) is 12.1 Å². The fraction of sp³-hybridized carbons (Fsp3) is 0.167. The Morgan fingerprint density at radius 1 is 1.41 bits per heavy atom. The minimum atomic E-state index is -0.344. The van der Waals surface area contributed by atoms with E-state index in [-0.39, 0.29) is 11.9 Å². The molecule has 2 aromatic rings. The molecule has 2 rings (SSSR count). The van der Waals surface area contributed by atoms with Crippen LogP contribution in [0.3, 0.4) is 0 Å². The molecule has 17 heavy (non-hydrogen) atoms. The second-order valence-electron chi connectivity index (χ2n) is 3.67. The van der Waals surface area contributed by atoms with E-state index < -0.39 is 0 Å². The molecule has 0 aliphatic heterocycles. The maximum atomic E-state index is 12.9. The van der Waals surface area contributed by atoms with E-state index in [0.717, 1.165) is 14.9 Å². The van der Waals surface area contributed by atoms with Crippen LogP contribution in [0, 0.1) is 5.82 Å². The zero-order valence-electron chi connectivity index (χ0n) is 8.79. The molecule has 0 amide bonds. The van der Waals surface area contributed by atoms with Crippen LogP contribution in [0.5, 0.6) is 0 Å². The molecule has 0 bridgehead atoms. The molecule has 0 fully saturated rings. The average Bonchev–Trinajstić information content (AvgIpc) is 2.64. The van der Waals surface area contributed by atoms with Gasteiger partial charge in [0.2, 0.25) is 0 Å². The molecule has 0 aliphatic carbocycles. The van der Waals surface area contributed by atoms with Crippen molar-refractivity contribution in [2.45, 2.75) is 12.5 Å². The van der Waals surface area contributed by atoms with Crippen molar-refractivity contribution in [1.82, 2.24) is 0 Å². The minimum Gasteiger partial charge on any atom is -0.324 e. The summed E-state index contributed by atoms with van der Waals surface area (Å²) < 4.78 is 14.0. The highest BCUT2D eigenvalue weighted by Gasteiger charge is 2.13. The van der Waals surface area contributed by atoms with Gasteiger partial charge in [-0.25, -0.2) is 4.39 Å². The highest BCUT2D eigenvalue weighted by Crippen LogP contribution is 2.30. The molecule has 1 atom stereocenters. The number of hydrogen-bond acceptors (Lipinski definition) is 2. The predicted octanol–water partition coefficient (Wildman–Crippen LogP) is 4.55. The molecule has 2 N–H and O–H groups in total. The fourth-order valence-electron chi connectivity index (χ4n) is 1.58. The molecule has 1 aromatic carbocycles. The van der Waals surface area contributed by atoms with Crippen molar-refractivity contribution in [1.29, 1.82) is 0 Å². The van der Waals surface area contributed by atoms with Gasteiger partial charge in [-0.3, -0.25) is 0 Å². The fourth-order valence-corrected chi connectivity index (χ4v) is 3.46. The first kappa shape index (κ1) is 13.0. The highest BCUT2D eigenvalue weighted by molar-refractivity contribution is 9.10. The molecule has 1 unspecified atom stereocenters. The first-order valence-electron chi connectivity index (χ1n) is 5.00. The Kier molecular flexibility index (Phi) is 4.20. The summed E-state index contributed by atoms with van der Waals surface area (Å²) in [5.74, 6) is -0.344. The summed E-state index contributed by atoms with van der Waals surface area (Å²) in [7, 11) is 0. The molecule has 1 heterocycles. The Morgan fingerprint density at radius 2 is 2.18 bits per heavy atom. The van der Waals surface area contributed by atoms with Crippen molar-refractivity contribution in [3.05, 3.63) is 55.4 Å². The minimum absolute atomic E-state index is 0.224. The van der Waals surface area contributed by atoms with Gasteiger partial charge in [-0.2, -0.15) is 0 Å². The summed E-state index contributed by atoms with van der Waals surface area (Å²) in [6.07, 6.45) is 0.684. The van der Waals surface area contributed by atoms with Gasteiger partial charge in [-0.15, -0.1) is 11.3 Å². The molecular weight excluding hydrogens is 325 g/mol. The summed E-state index contributed by atoms with van der Waals surface area (Å²) in [4.78, 5) is 1.16. The summed E-state index contributed by atoms with van der Waals surface area (Å²) in [6.45, 7) is 0. The predicted molar refractivity (Wildman–Crippen MR) is 74.1 cm³/mol. The number of thiophene rings is 1. The molecule has 1 aromatic heterocycles. The van der Waals surface area contributed by atoms with Crippen LogP contribution in [0.25, 0.3) is 0 Å². The molecule has 0 aliphatic rings. The lowest BCUT2D eigenvalue weighted by Gasteiger charge is -2.13. The maximum Gasteiger partial charge on any atom is 0.124 e. The molecule has 0 saturated heterocycles. The van der Waals surface area contributed by atoms with Crippen LogP contribution in [0.2, 0.25) is 5.02 Å². The maximum absolute atomic E-state index is 12.9. The molecule has 0 saturated carbocycles. The Hall–Kier alpha value is -0.420. The Labute approximate surface area is 117 Å². The van der Waals surface area contributed by atoms with E-state index >= 15 is 0 Å². The number of hydrogen-bond donors (Lipinski definition) is 1. The lowest BCUT2D eigenvalue weighted by Crippen LogP contribution is -2.13. The zero-order chi connectivity index (χ0) is 12.4. The molecule has 0 spiro atoms. The van der Waals surface area contributed by atoms with Gasteiger partial charge in [0, 0.05) is 26.8 Å². The van der Waals surface area contributed by atoms with E-state index in [2.05, 4.69) is 15.9 Å². The van der Waals surface area contributed by atoms with Gasteiger partial charge in [0.15, 0.2) is 0 Å². The van der Waals surface area contributed by atoms with Gasteiger partial charge >= 0.3 is 0 Å². The van der Waals surface area contributed by atoms with Crippen LogP contribution < -0.4 is 5.73 Å². The third-order valence-electron chi connectivity index (χ3n) is 2.46. The normalized spacial score (nSPS) is 12.7. The van der Waals surface area contributed by atoms with E-state index in [0.29, 0.717) is 11.4 Å². The number of rotatable bonds is 3. The summed E-state index contributed by atoms with van der Waals surface area (Å²) in [5, 5.41) is 2.38. The Bertz CT molecular complexity index is 529. The van der Waals surface area contributed by atoms with Gasteiger partial charge in [0.05, 0.1) is 0 Å². The van der Waals surface area contributed by atoms with E-state index in [4.69, 9.17) is 17.3 Å². The summed E-state index contributed by atoms with van der Waals surface area (Å²) in [5.41, 5.74) is 6.86. The topological polar surface area (TPSA) is 26.0 Å². The van der Waals surface area contributed by atoms with Crippen molar-refractivity contribution in [2.75, 3.05) is 0 Å². The van der Waals surface area contributed by atoms with Crippen LogP contribution in [-0.4, -0.2) is 0 Å². The largest absolute Gasteiger partial charge is 0.324 e.